The minimum atomic E-state index is -0.915. The van der Waals surface area contributed by atoms with Gasteiger partial charge in [0.15, 0.2) is 5.79 Å². The largest absolute Gasteiger partial charge is 0.478 e. The zero-order chi connectivity index (χ0) is 30.5. The monoisotopic (exact) mass is 597 g/mol. The van der Waals surface area contributed by atoms with Crippen molar-refractivity contribution in [1.29, 1.82) is 0 Å². The van der Waals surface area contributed by atoms with Gasteiger partial charge in [-0.3, -0.25) is 4.79 Å². The van der Waals surface area contributed by atoms with E-state index in [1.54, 1.807) is 6.08 Å². The summed E-state index contributed by atoms with van der Waals surface area (Å²) in [5.41, 5.74) is 5.61. The van der Waals surface area contributed by atoms with Crippen molar-refractivity contribution in [2.45, 2.75) is 165 Å². The van der Waals surface area contributed by atoms with E-state index in [2.05, 4.69) is 0 Å². The van der Waals surface area contributed by atoms with Crippen molar-refractivity contribution in [1.82, 2.24) is 0 Å². The average molecular weight is 598 g/mol. The van der Waals surface area contributed by atoms with Gasteiger partial charge in [0.2, 0.25) is 0 Å². The van der Waals surface area contributed by atoms with Crippen LogP contribution in [-0.2, 0) is 28.5 Å². The highest BCUT2D eigenvalue weighted by Crippen LogP contribution is 2.45. The van der Waals surface area contributed by atoms with E-state index in [9.17, 15) is 9.59 Å². The van der Waals surface area contributed by atoms with Gasteiger partial charge in [-0.2, -0.15) is 0 Å². The molecular weight excluding hydrogens is 538 g/mol. The molecule has 2 aliphatic heterocycles. The Morgan fingerprint density at radius 2 is 1.55 bits per heavy atom. The van der Waals surface area contributed by atoms with Crippen LogP contribution in [0.15, 0.2) is 12.2 Å². The summed E-state index contributed by atoms with van der Waals surface area (Å²) in [6.07, 6.45) is 24.3. The van der Waals surface area contributed by atoms with Crippen LogP contribution >= 0.6 is 0 Å². The summed E-state index contributed by atoms with van der Waals surface area (Å²) in [7, 11) is 0. The van der Waals surface area contributed by atoms with Crippen molar-refractivity contribution in [3.8, 4) is 0 Å². The number of nitrogens with two attached hydrogens (primary N) is 1. The second-order valence-corrected chi connectivity index (χ2v) is 12.2. The number of carboxylic acids is 1. The summed E-state index contributed by atoms with van der Waals surface area (Å²) < 4.78 is 24.0. The highest BCUT2D eigenvalue weighted by molar-refractivity contribution is 5.79. The Bertz CT molecular complexity index is 762. The molecule has 0 spiro atoms. The molecule has 0 aliphatic carbocycles. The molecule has 0 aromatic carbocycles. The number of ether oxygens (including phenoxy) is 4. The van der Waals surface area contributed by atoms with Gasteiger partial charge in [0, 0.05) is 32.4 Å². The number of unbranched alkanes of at least 4 members (excludes halogenated alkanes) is 14. The molecule has 2 saturated heterocycles. The lowest BCUT2D eigenvalue weighted by molar-refractivity contribution is -0.220. The van der Waals surface area contributed by atoms with Crippen LogP contribution in [0.25, 0.3) is 0 Å². The molecule has 9 heteroatoms. The summed E-state index contributed by atoms with van der Waals surface area (Å²) in [6, 6.07) is -0.256. The minimum absolute atomic E-state index is 0.0188. The maximum absolute atomic E-state index is 11.6. The number of hydrogen-bond acceptors (Lipinski definition) is 8. The van der Waals surface area contributed by atoms with Gasteiger partial charge in [-0.1, -0.05) is 83.1 Å². The number of carbonyl (C=O) groups is 2. The van der Waals surface area contributed by atoms with Gasteiger partial charge < -0.3 is 34.9 Å². The van der Waals surface area contributed by atoms with Crippen molar-refractivity contribution < 1.29 is 38.7 Å². The molecule has 244 valence electrons. The molecule has 0 amide bonds. The Balaban J connectivity index is 1.50. The smallest absolute Gasteiger partial charge is 0.327 e. The van der Waals surface area contributed by atoms with Crippen molar-refractivity contribution >= 4 is 11.9 Å². The molecule has 2 fully saturated rings. The fourth-order valence-corrected chi connectivity index (χ4v) is 6.08. The molecule has 0 saturated carbocycles. The van der Waals surface area contributed by atoms with E-state index in [1.165, 1.54) is 83.6 Å². The number of carboxylic acid groups (broad SMARTS) is 1. The Morgan fingerprint density at radius 3 is 2.14 bits per heavy atom. The lowest BCUT2D eigenvalue weighted by Crippen LogP contribution is -2.43. The van der Waals surface area contributed by atoms with E-state index in [4.69, 9.17) is 34.9 Å². The lowest BCUT2D eigenvalue weighted by atomic mass is 9.94. The van der Waals surface area contributed by atoms with Crippen LogP contribution in [0.4, 0.5) is 0 Å². The molecule has 0 aromatic rings. The Kier molecular flexibility index (Phi) is 19.3. The number of aliphatic hydroxyl groups excluding tert-OH is 1. The second-order valence-electron chi connectivity index (χ2n) is 12.2. The third kappa shape index (κ3) is 15.8. The van der Waals surface area contributed by atoms with Crippen LogP contribution < -0.4 is 5.73 Å². The summed E-state index contributed by atoms with van der Waals surface area (Å²) in [4.78, 5) is 22.3. The topological polar surface area (TPSA) is 138 Å². The SMILES string of the molecule is CC(=O)O[C@@H]1CC[C@]2(CCCCCCCCCCCCCCCOC[C@H](N)CO)O[C@H]1[C@@H](CCCC/C=C/C(=O)O)O2. The molecular formula is C33H59NO8. The van der Waals surface area contributed by atoms with E-state index >= 15 is 0 Å². The van der Waals surface area contributed by atoms with Crippen molar-refractivity contribution in [3.63, 3.8) is 0 Å². The molecule has 42 heavy (non-hydrogen) atoms. The first-order chi connectivity index (χ1) is 20.3. The van der Waals surface area contributed by atoms with E-state index in [0.717, 1.165) is 64.4 Å². The van der Waals surface area contributed by atoms with Gasteiger partial charge in [-0.25, -0.2) is 4.79 Å². The summed E-state index contributed by atoms with van der Waals surface area (Å²) in [6.45, 7) is 2.61. The first kappa shape index (κ1) is 36.7. The molecule has 2 bridgehead atoms. The Morgan fingerprint density at radius 1 is 0.929 bits per heavy atom. The fraction of sp³-hybridized carbons (Fsp3) is 0.879. The number of fused-ring (bicyclic) bond motifs is 2. The lowest BCUT2D eigenvalue weighted by Gasteiger charge is -2.35. The van der Waals surface area contributed by atoms with Gasteiger partial charge in [-0.05, 0) is 38.5 Å². The predicted octanol–water partition coefficient (Wildman–Crippen LogP) is 6.19. The molecule has 9 nitrogen and oxygen atoms in total. The second kappa shape index (κ2) is 22.1. The predicted molar refractivity (Wildman–Crippen MR) is 163 cm³/mol. The molecule has 0 radical (unpaired) electrons. The van der Waals surface area contributed by atoms with E-state index in [-0.39, 0.29) is 36.9 Å². The number of esters is 1. The van der Waals surface area contributed by atoms with Crippen LogP contribution in [0.2, 0.25) is 0 Å². The first-order valence-corrected chi connectivity index (χ1v) is 16.7. The number of hydrogen-bond donors (Lipinski definition) is 3. The molecule has 4 N–H and O–H groups in total. The Labute approximate surface area is 253 Å². The molecule has 2 rings (SSSR count). The quantitative estimate of drug-likeness (QED) is 0.0605. The average Bonchev–Trinajstić information content (AvgIpc) is 3.25. The van der Waals surface area contributed by atoms with Crippen molar-refractivity contribution in [2.24, 2.45) is 5.73 Å². The van der Waals surface area contributed by atoms with E-state index in [1.807, 2.05) is 0 Å². The van der Waals surface area contributed by atoms with Crippen LogP contribution in [0.5, 0.6) is 0 Å². The van der Waals surface area contributed by atoms with E-state index < -0.39 is 11.8 Å². The molecule has 0 unspecified atom stereocenters. The maximum Gasteiger partial charge on any atom is 0.327 e. The highest BCUT2D eigenvalue weighted by Gasteiger charge is 2.54. The summed E-state index contributed by atoms with van der Waals surface area (Å²) >= 11 is 0. The third-order valence-electron chi connectivity index (χ3n) is 8.36. The van der Waals surface area contributed by atoms with Crippen LogP contribution in [0.3, 0.4) is 0 Å². The first-order valence-electron chi connectivity index (χ1n) is 16.7. The molecule has 2 aliphatic rings. The number of allylic oxidation sites excluding steroid dienone is 1. The Hall–Kier alpha value is -1.52. The van der Waals surface area contributed by atoms with Crippen LogP contribution in [-0.4, -0.2) is 72.1 Å². The van der Waals surface area contributed by atoms with Gasteiger partial charge in [0.05, 0.1) is 25.4 Å². The van der Waals surface area contributed by atoms with Gasteiger partial charge in [0.1, 0.15) is 12.2 Å². The van der Waals surface area contributed by atoms with Crippen molar-refractivity contribution in [2.75, 3.05) is 19.8 Å². The van der Waals surface area contributed by atoms with Gasteiger partial charge >= 0.3 is 11.9 Å². The van der Waals surface area contributed by atoms with E-state index in [0.29, 0.717) is 6.61 Å². The number of aliphatic hydroxyl groups is 1. The van der Waals surface area contributed by atoms with Gasteiger partial charge in [-0.15, -0.1) is 0 Å². The summed E-state index contributed by atoms with van der Waals surface area (Å²) in [5.74, 6) is -1.74. The zero-order valence-electron chi connectivity index (χ0n) is 26.1. The number of rotatable bonds is 26. The standard InChI is InChI=1S/C33H59NO8/c1-27(36)40-29-21-23-33(41-30(32(29)42-33)19-15-11-12-16-20-31(37)38)22-17-13-9-7-5-3-2-4-6-8-10-14-18-24-39-26-28(34)25-35/h16,20,28-30,32,35H,2-15,17-19,21-26,34H2,1H3,(H,37,38)/b20-16+/t28-,29-,30-,32-,33+/m1/s1. The summed E-state index contributed by atoms with van der Waals surface area (Å²) in [5, 5.41) is 17.6. The molecule has 2 heterocycles. The highest BCUT2D eigenvalue weighted by atomic mass is 16.8. The zero-order valence-corrected chi connectivity index (χ0v) is 26.1. The third-order valence-corrected chi connectivity index (χ3v) is 8.36. The minimum Gasteiger partial charge on any atom is -0.478 e. The van der Waals surface area contributed by atoms with Gasteiger partial charge in [0.25, 0.3) is 0 Å². The fourth-order valence-electron chi connectivity index (χ4n) is 6.08. The molecule has 5 atom stereocenters. The number of aliphatic carboxylic acids is 1. The molecule has 0 aromatic heterocycles. The van der Waals surface area contributed by atoms with Crippen molar-refractivity contribution in [3.05, 3.63) is 12.2 Å². The normalized spacial score (nSPS) is 24.3. The van der Waals surface area contributed by atoms with Crippen LogP contribution in [0, 0.1) is 0 Å². The number of carbonyl (C=O) groups excluding carboxylic acids is 1. The maximum atomic E-state index is 11.6. The van der Waals surface area contributed by atoms with Crippen LogP contribution in [0.1, 0.15) is 135 Å².